The maximum atomic E-state index is 12.5. The SMILES string of the molecule is O=C(c1cnccn1)N1CCC(NC2CCCN(Cc3cccc(O)c3)C2)CC1. The normalized spacial score (nSPS) is 21.2. The molecule has 2 aliphatic heterocycles. The zero-order chi connectivity index (χ0) is 20.1. The van der Waals surface area contributed by atoms with E-state index in [1.54, 1.807) is 18.5 Å². The standard InChI is InChI=1S/C22H29N5O2/c28-20-5-1-3-17(13-20)15-26-10-2-4-19(16-26)25-18-6-11-27(12-7-18)22(29)21-14-23-8-9-24-21/h1,3,5,8-9,13-14,18-19,25,28H,2,4,6-7,10-12,15-16H2. The summed E-state index contributed by atoms with van der Waals surface area (Å²) in [5.41, 5.74) is 1.58. The summed E-state index contributed by atoms with van der Waals surface area (Å²) in [5.74, 6) is 0.309. The highest BCUT2D eigenvalue weighted by Crippen LogP contribution is 2.19. The van der Waals surface area contributed by atoms with Gasteiger partial charge < -0.3 is 15.3 Å². The van der Waals surface area contributed by atoms with Gasteiger partial charge in [-0.2, -0.15) is 0 Å². The topological polar surface area (TPSA) is 81.6 Å². The van der Waals surface area contributed by atoms with E-state index in [9.17, 15) is 9.90 Å². The maximum Gasteiger partial charge on any atom is 0.274 e. The second-order valence-corrected chi connectivity index (χ2v) is 8.07. The number of aromatic nitrogens is 2. The fourth-order valence-corrected chi connectivity index (χ4v) is 4.40. The quantitative estimate of drug-likeness (QED) is 0.806. The summed E-state index contributed by atoms with van der Waals surface area (Å²) >= 11 is 0. The first-order valence-electron chi connectivity index (χ1n) is 10.5. The van der Waals surface area contributed by atoms with Crippen molar-refractivity contribution in [1.82, 2.24) is 25.1 Å². The van der Waals surface area contributed by atoms with Gasteiger partial charge in [-0.15, -0.1) is 0 Å². The second kappa shape index (κ2) is 9.33. The third-order valence-corrected chi connectivity index (χ3v) is 5.86. The van der Waals surface area contributed by atoms with Crippen molar-refractivity contribution in [2.75, 3.05) is 26.2 Å². The monoisotopic (exact) mass is 395 g/mol. The Bertz CT molecular complexity index is 808. The number of likely N-dealkylation sites (tertiary alicyclic amines) is 2. The van der Waals surface area contributed by atoms with Crippen molar-refractivity contribution in [3.8, 4) is 5.75 Å². The fourth-order valence-electron chi connectivity index (χ4n) is 4.40. The van der Waals surface area contributed by atoms with Crippen molar-refractivity contribution in [3.05, 3.63) is 54.1 Å². The average molecular weight is 396 g/mol. The Morgan fingerprint density at radius 3 is 2.76 bits per heavy atom. The number of piperidine rings is 2. The van der Waals surface area contributed by atoms with Crippen LogP contribution in [0, 0.1) is 0 Å². The Kier molecular flexibility index (Phi) is 6.36. The third kappa shape index (κ3) is 5.31. The predicted molar refractivity (Wildman–Crippen MR) is 110 cm³/mol. The summed E-state index contributed by atoms with van der Waals surface area (Å²) in [5, 5.41) is 13.5. The molecule has 0 saturated carbocycles. The van der Waals surface area contributed by atoms with Gasteiger partial charge in [-0.3, -0.25) is 14.7 Å². The molecule has 4 rings (SSSR count). The lowest BCUT2D eigenvalue weighted by Crippen LogP contribution is -2.52. The Morgan fingerprint density at radius 1 is 1.14 bits per heavy atom. The number of nitrogens with zero attached hydrogens (tertiary/aromatic N) is 4. The molecule has 7 heteroatoms. The van der Waals surface area contributed by atoms with Gasteiger partial charge in [-0.05, 0) is 49.9 Å². The molecule has 7 nitrogen and oxygen atoms in total. The molecule has 1 unspecified atom stereocenters. The molecule has 2 saturated heterocycles. The van der Waals surface area contributed by atoms with Crippen LogP contribution in [0.4, 0.5) is 0 Å². The van der Waals surface area contributed by atoms with Crippen molar-refractivity contribution in [1.29, 1.82) is 0 Å². The smallest absolute Gasteiger partial charge is 0.274 e. The first-order valence-corrected chi connectivity index (χ1v) is 10.5. The molecule has 1 aromatic heterocycles. The zero-order valence-electron chi connectivity index (χ0n) is 16.7. The lowest BCUT2D eigenvalue weighted by atomic mass is 9.99. The van der Waals surface area contributed by atoms with Crippen molar-refractivity contribution >= 4 is 5.91 Å². The summed E-state index contributed by atoms with van der Waals surface area (Å²) in [6.45, 7) is 4.50. The minimum Gasteiger partial charge on any atom is -0.508 e. The number of hydrogen-bond donors (Lipinski definition) is 2. The van der Waals surface area contributed by atoms with Crippen LogP contribution in [0.2, 0.25) is 0 Å². The average Bonchev–Trinajstić information content (AvgIpc) is 2.75. The van der Waals surface area contributed by atoms with Crippen LogP contribution in [-0.4, -0.2) is 69.0 Å². The van der Waals surface area contributed by atoms with E-state index >= 15 is 0 Å². The van der Waals surface area contributed by atoms with Crippen LogP contribution in [0.1, 0.15) is 41.7 Å². The van der Waals surface area contributed by atoms with Crippen molar-refractivity contribution in [2.45, 2.75) is 44.3 Å². The van der Waals surface area contributed by atoms with Gasteiger partial charge in [0.25, 0.3) is 5.91 Å². The number of hydrogen-bond acceptors (Lipinski definition) is 6. The molecule has 3 heterocycles. The van der Waals surface area contributed by atoms with Crippen LogP contribution in [0.5, 0.6) is 5.75 Å². The highest BCUT2D eigenvalue weighted by atomic mass is 16.3. The number of nitrogens with one attached hydrogen (secondary N) is 1. The molecule has 29 heavy (non-hydrogen) atoms. The molecule has 2 N–H and O–H groups in total. The van der Waals surface area contributed by atoms with Gasteiger partial charge >= 0.3 is 0 Å². The molecule has 0 radical (unpaired) electrons. The highest BCUT2D eigenvalue weighted by molar-refractivity contribution is 5.92. The number of benzene rings is 1. The van der Waals surface area contributed by atoms with Gasteiger partial charge in [0.15, 0.2) is 0 Å². The molecule has 2 aromatic rings. The Labute approximate surface area is 171 Å². The lowest BCUT2D eigenvalue weighted by molar-refractivity contribution is 0.0688. The van der Waals surface area contributed by atoms with Crippen LogP contribution >= 0.6 is 0 Å². The second-order valence-electron chi connectivity index (χ2n) is 8.07. The van der Waals surface area contributed by atoms with Gasteiger partial charge in [0, 0.05) is 50.7 Å². The highest BCUT2D eigenvalue weighted by Gasteiger charge is 2.27. The minimum atomic E-state index is -0.0218. The zero-order valence-corrected chi connectivity index (χ0v) is 16.7. The van der Waals surface area contributed by atoms with E-state index in [0.29, 0.717) is 23.5 Å². The number of rotatable bonds is 5. The molecule has 0 bridgehead atoms. The van der Waals surface area contributed by atoms with Crippen molar-refractivity contribution < 1.29 is 9.90 Å². The largest absolute Gasteiger partial charge is 0.508 e. The van der Waals surface area contributed by atoms with E-state index in [0.717, 1.165) is 51.1 Å². The molecule has 2 aliphatic rings. The maximum absolute atomic E-state index is 12.5. The number of phenolic OH excluding ortho intramolecular Hbond substituents is 1. The summed E-state index contributed by atoms with van der Waals surface area (Å²) in [4.78, 5) is 25.0. The summed E-state index contributed by atoms with van der Waals surface area (Å²) in [7, 11) is 0. The van der Waals surface area contributed by atoms with Gasteiger partial charge in [0.2, 0.25) is 0 Å². The van der Waals surface area contributed by atoms with E-state index in [2.05, 4.69) is 26.3 Å². The van der Waals surface area contributed by atoms with E-state index in [-0.39, 0.29) is 5.91 Å². The summed E-state index contributed by atoms with van der Waals surface area (Å²) < 4.78 is 0. The molecule has 0 spiro atoms. The molecular formula is C22H29N5O2. The van der Waals surface area contributed by atoms with Crippen LogP contribution in [0.15, 0.2) is 42.9 Å². The van der Waals surface area contributed by atoms with Gasteiger partial charge in [0.05, 0.1) is 6.20 Å². The fraction of sp³-hybridized carbons (Fsp3) is 0.500. The van der Waals surface area contributed by atoms with E-state index in [1.165, 1.54) is 19.0 Å². The first-order chi connectivity index (χ1) is 14.2. The number of aromatic hydroxyl groups is 1. The minimum absolute atomic E-state index is 0.0218. The van der Waals surface area contributed by atoms with Gasteiger partial charge in [0.1, 0.15) is 11.4 Å². The van der Waals surface area contributed by atoms with Crippen LogP contribution in [-0.2, 0) is 6.54 Å². The Hall–Kier alpha value is -2.51. The molecule has 1 amide bonds. The van der Waals surface area contributed by atoms with Crippen molar-refractivity contribution in [2.24, 2.45) is 0 Å². The number of carbonyl (C=O) groups is 1. The van der Waals surface area contributed by atoms with Crippen LogP contribution in [0.25, 0.3) is 0 Å². The van der Waals surface area contributed by atoms with E-state index < -0.39 is 0 Å². The Morgan fingerprint density at radius 2 is 2.00 bits per heavy atom. The van der Waals surface area contributed by atoms with Crippen LogP contribution < -0.4 is 5.32 Å². The first kappa shape index (κ1) is 19.8. The molecule has 1 aromatic carbocycles. The number of amides is 1. The summed E-state index contributed by atoms with van der Waals surface area (Å²) in [6, 6.07) is 8.47. The van der Waals surface area contributed by atoms with Gasteiger partial charge in [-0.25, -0.2) is 4.98 Å². The third-order valence-electron chi connectivity index (χ3n) is 5.86. The molecule has 1 atom stereocenters. The molecule has 154 valence electrons. The van der Waals surface area contributed by atoms with Crippen molar-refractivity contribution in [3.63, 3.8) is 0 Å². The molecule has 2 fully saturated rings. The Balaban J connectivity index is 1.24. The number of phenols is 1. The van der Waals surface area contributed by atoms with E-state index in [1.807, 2.05) is 17.0 Å². The van der Waals surface area contributed by atoms with E-state index in [4.69, 9.17) is 0 Å². The van der Waals surface area contributed by atoms with Crippen LogP contribution in [0.3, 0.4) is 0 Å². The predicted octanol–water partition coefficient (Wildman–Crippen LogP) is 2.04. The molecule has 0 aliphatic carbocycles. The lowest BCUT2D eigenvalue weighted by Gasteiger charge is -2.38. The summed E-state index contributed by atoms with van der Waals surface area (Å²) in [6.07, 6.45) is 8.99. The number of carbonyl (C=O) groups excluding carboxylic acids is 1. The van der Waals surface area contributed by atoms with Gasteiger partial charge in [-0.1, -0.05) is 12.1 Å². The molecular weight excluding hydrogens is 366 g/mol.